The second-order valence-corrected chi connectivity index (χ2v) is 13.3. The molecule has 1 aliphatic heterocycles. The fraction of sp³-hybridized carbons (Fsp3) is 0.444. The van der Waals surface area contributed by atoms with Crippen LogP contribution in [0.15, 0.2) is 46.2 Å². The van der Waals surface area contributed by atoms with E-state index < -0.39 is 57.3 Å². The quantitative estimate of drug-likeness (QED) is 0.286. The van der Waals surface area contributed by atoms with Crippen molar-refractivity contribution in [3.8, 4) is 0 Å². The van der Waals surface area contributed by atoms with Gasteiger partial charge in [0.1, 0.15) is 0 Å². The highest BCUT2D eigenvalue weighted by Crippen LogP contribution is 2.65. The summed E-state index contributed by atoms with van der Waals surface area (Å²) >= 11 is 0. The largest absolute Gasteiger partial charge is 0.479 e. The number of ether oxygens (including phenoxy) is 1. The molecule has 0 saturated heterocycles. The molecule has 202 valence electrons. The van der Waals surface area contributed by atoms with E-state index in [4.69, 9.17) is 10.5 Å². The molecule has 0 aliphatic carbocycles. The van der Waals surface area contributed by atoms with Crippen molar-refractivity contribution in [1.29, 1.82) is 0 Å². The second kappa shape index (κ2) is 9.43. The second-order valence-electron chi connectivity index (χ2n) is 11.3. The van der Waals surface area contributed by atoms with Gasteiger partial charge in [0.05, 0.1) is 29.4 Å². The van der Waals surface area contributed by atoms with Gasteiger partial charge in [-0.3, -0.25) is 13.9 Å². The number of amides is 1. The number of rotatable bonds is 5. The van der Waals surface area contributed by atoms with Gasteiger partial charge in [-0.2, -0.15) is 0 Å². The van der Waals surface area contributed by atoms with Gasteiger partial charge < -0.3 is 20.9 Å². The lowest BCUT2D eigenvalue weighted by Gasteiger charge is -2.47. The summed E-state index contributed by atoms with van der Waals surface area (Å²) in [6.45, 7) is 11.2. The van der Waals surface area contributed by atoms with E-state index in [9.17, 15) is 28.6 Å². The van der Waals surface area contributed by atoms with Crippen LogP contribution in [0, 0.1) is 0 Å². The van der Waals surface area contributed by atoms with Gasteiger partial charge in [0.2, 0.25) is 11.4 Å². The van der Waals surface area contributed by atoms with Gasteiger partial charge in [-0.15, -0.1) is 10.6 Å². The monoisotopic (exact) mass is 532 g/mol. The molecule has 0 radical (unpaired) electrons. The molecule has 37 heavy (non-hydrogen) atoms. The number of nitrogens with one attached hydrogen (secondary N) is 1. The molecule has 10 heteroatoms. The van der Waals surface area contributed by atoms with Crippen molar-refractivity contribution >= 4 is 28.4 Å². The minimum atomic E-state index is -3.59. The highest BCUT2D eigenvalue weighted by atomic mass is 32.3. The minimum Gasteiger partial charge on any atom is -0.479 e. The van der Waals surface area contributed by atoms with Crippen molar-refractivity contribution in [1.82, 2.24) is 5.32 Å². The van der Waals surface area contributed by atoms with Crippen LogP contribution >= 0.6 is 10.6 Å². The molecule has 0 fully saturated rings. The summed E-state index contributed by atoms with van der Waals surface area (Å²) in [6.07, 6.45) is 0. The first kappa shape index (κ1) is 28.6. The standard InChI is InChI=1S/C27H36N2O7S/c1-25(2,3)15-8-10-19-17(12-15)22(27(23(31)32,24(33)36-7)29-21(30)14-28)18-13-16(26(4,5)6)9-11-20(18)37(19,34)35/h8-13,22,34-35H,14,28H2,1-7H3,(H,29,30)(H,31,32). The Bertz CT molecular complexity index is 1190. The lowest BCUT2D eigenvalue weighted by Crippen LogP contribution is -2.65. The first-order valence-electron chi connectivity index (χ1n) is 11.8. The van der Waals surface area contributed by atoms with Gasteiger partial charge in [0.15, 0.2) is 0 Å². The highest BCUT2D eigenvalue weighted by molar-refractivity contribution is 8.24. The Balaban J connectivity index is 2.57. The summed E-state index contributed by atoms with van der Waals surface area (Å²) < 4.78 is 27.9. The molecule has 2 aromatic rings. The molecule has 1 aliphatic rings. The molecule has 0 bridgehead atoms. The van der Waals surface area contributed by atoms with Crippen molar-refractivity contribution in [3.05, 3.63) is 58.7 Å². The molecule has 9 nitrogen and oxygen atoms in total. The Morgan fingerprint density at radius 2 is 1.35 bits per heavy atom. The summed E-state index contributed by atoms with van der Waals surface area (Å²) in [5.41, 5.74) is 4.04. The van der Waals surface area contributed by atoms with E-state index in [1.54, 1.807) is 36.4 Å². The van der Waals surface area contributed by atoms with E-state index in [0.29, 0.717) is 0 Å². The fourth-order valence-corrected chi connectivity index (χ4v) is 6.45. The first-order chi connectivity index (χ1) is 16.9. The number of methoxy groups -OCH3 is 1. The number of esters is 1. The van der Waals surface area contributed by atoms with Gasteiger partial charge >= 0.3 is 11.9 Å². The topological polar surface area (TPSA) is 159 Å². The lowest BCUT2D eigenvalue weighted by molar-refractivity contribution is -0.164. The summed E-state index contributed by atoms with van der Waals surface area (Å²) in [4.78, 5) is 39.2. The van der Waals surface area contributed by atoms with Crippen LogP contribution in [0.5, 0.6) is 0 Å². The third kappa shape index (κ3) is 4.74. The molecule has 0 saturated carbocycles. The number of carboxylic acid groups (broad SMARTS) is 1. The van der Waals surface area contributed by atoms with Gasteiger partial charge in [0.25, 0.3) is 0 Å². The number of carboxylic acids is 1. The van der Waals surface area contributed by atoms with Crippen LogP contribution in [0.3, 0.4) is 0 Å². The highest BCUT2D eigenvalue weighted by Gasteiger charge is 2.59. The van der Waals surface area contributed by atoms with Crippen LogP contribution < -0.4 is 11.1 Å². The van der Waals surface area contributed by atoms with E-state index in [1.165, 1.54) is 0 Å². The summed E-state index contributed by atoms with van der Waals surface area (Å²) in [7, 11) is -2.56. The van der Waals surface area contributed by atoms with E-state index in [0.717, 1.165) is 18.2 Å². The average molecular weight is 533 g/mol. The zero-order chi connectivity index (χ0) is 28.1. The fourth-order valence-electron chi connectivity index (χ4n) is 4.69. The van der Waals surface area contributed by atoms with E-state index >= 15 is 0 Å². The predicted molar refractivity (Wildman–Crippen MR) is 141 cm³/mol. The number of hydrogen-bond acceptors (Lipinski definition) is 7. The van der Waals surface area contributed by atoms with Crippen molar-refractivity contribution in [3.63, 3.8) is 0 Å². The summed E-state index contributed by atoms with van der Waals surface area (Å²) in [5.74, 6) is -5.12. The molecule has 2 aromatic carbocycles. The maximum absolute atomic E-state index is 13.4. The Kier molecular flexibility index (Phi) is 7.30. The van der Waals surface area contributed by atoms with Crippen LogP contribution in [-0.4, -0.2) is 51.3 Å². The summed E-state index contributed by atoms with van der Waals surface area (Å²) in [5, 5.41) is 12.9. The normalized spacial score (nSPS) is 17.6. The van der Waals surface area contributed by atoms with E-state index in [1.807, 2.05) is 41.5 Å². The Hall–Kier alpha value is -2.92. The van der Waals surface area contributed by atoms with E-state index in [-0.39, 0.29) is 20.9 Å². The zero-order valence-electron chi connectivity index (χ0n) is 22.2. The smallest absolute Gasteiger partial charge is 0.344 e. The molecule has 0 aromatic heterocycles. The number of hydrogen-bond donors (Lipinski definition) is 5. The maximum atomic E-state index is 13.4. The van der Waals surface area contributed by atoms with E-state index in [2.05, 4.69) is 5.32 Å². The Morgan fingerprint density at radius 3 is 1.68 bits per heavy atom. The lowest BCUT2D eigenvalue weighted by atomic mass is 9.71. The molecular formula is C27H36N2O7S. The van der Waals surface area contributed by atoms with Gasteiger partial charge in [0, 0.05) is 0 Å². The van der Waals surface area contributed by atoms with Crippen molar-refractivity contribution in [2.45, 2.75) is 73.6 Å². The number of carbonyl (C=O) groups excluding carboxylic acids is 2. The number of aliphatic carboxylic acids is 1. The number of nitrogens with two attached hydrogens (primary N) is 1. The maximum Gasteiger partial charge on any atom is 0.344 e. The average Bonchev–Trinajstić information content (AvgIpc) is 2.80. The third-order valence-corrected chi connectivity index (χ3v) is 8.76. The van der Waals surface area contributed by atoms with Crippen molar-refractivity contribution in [2.24, 2.45) is 5.73 Å². The number of carbonyl (C=O) groups is 3. The number of benzene rings is 2. The third-order valence-electron chi connectivity index (χ3n) is 6.79. The van der Waals surface area contributed by atoms with Crippen LogP contribution in [0.25, 0.3) is 0 Å². The predicted octanol–water partition coefficient (Wildman–Crippen LogP) is 3.97. The number of fused-ring (bicyclic) bond motifs is 2. The molecule has 6 N–H and O–H groups in total. The van der Waals surface area contributed by atoms with Gasteiger partial charge in [-0.05, 0) is 45.2 Å². The molecule has 1 unspecified atom stereocenters. The first-order valence-corrected chi connectivity index (χ1v) is 13.4. The van der Waals surface area contributed by atoms with Crippen LogP contribution in [0.4, 0.5) is 0 Å². The summed E-state index contributed by atoms with van der Waals surface area (Å²) in [6, 6.07) is 9.95. The molecule has 1 atom stereocenters. The molecule has 0 spiro atoms. The van der Waals surface area contributed by atoms with Gasteiger partial charge in [-0.1, -0.05) is 65.8 Å². The Morgan fingerprint density at radius 1 is 0.919 bits per heavy atom. The van der Waals surface area contributed by atoms with Gasteiger partial charge in [-0.25, -0.2) is 9.59 Å². The molecule has 1 amide bonds. The van der Waals surface area contributed by atoms with Crippen LogP contribution in [0.2, 0.25) is 0 Å². The van der Waals surface area contributed by atoms with Crippen LogP contribution in [0.1, 0.15) is 69.7 Å². The van der Waals surface area contributed by atoms with Crippen molar-refractivity contribution in [2.75, 3.05) is 13.7 Å². The zero-order valence-corrected chi connectivity index (χ0v) is 23.0. The molecule has 1 heterocycles. The molecule has 3 rings (SSSR count). The van der Waals surface area contributed by atoms with Crippen molar-refractivity contribution < 1.29 is 33.3 Å². The SMILES string of the molecule is COC(=O)C(NC(=O)CN)(C(=O)O)C1c2cc(C(C)(C)C)ccc2S(O)(O)c2ccc(C(C)(C)C)cc21. The molecular weight excluding hydrogens is 496 g/mol. The Labute approximate surface area is 218 Å². The van der Waals surface area contributed by atoms with Crippen LogP contribution in [-0.2, 0) is 30.0 Å². The minimum absolute atomic E-state index is 0.0815.